The average molecular weight is 814 g/mol. The van der Waals surface area contributed by atoms with Crippen LogP contribution in [0.1, 0.15) is 127 Å². The lowest BCUT2D eigenvalue weighted by Crippen LogP contribution is -2.59. The van der Waals surface area contributed by atoms with Gasteiger partial charge in [0.2, 0.25) is 11.8 Å². The lowest BCUT2D eigenvalue weighted by atomic mass is 9.92. The minimum atomic E-state index is -0.974. The van der Waals surface area contributed by atoms with Crippen molar-refractivity contribution < 1.29 is 43.3 Å². The molecule has 3 rings (SSSR count). The quantitative estimate of drug-likeness (QED) is 0.0767. The zero-order chi connectivity index (χ0) is 42.2. The first-order valence-electron chi connectivity index (χ1n) is 20.2. The van der Waals surface area contributed by atoms with Gasteiger partial charge in [0.1, 0.15) is 28.8 Å². The molecule has 1 aromatic carbocycles. The van der Waals surface area contributed by atoms with Crippen LogP contribution < -0.4 is 10.6 Å². The molecule has 1 fully saturated rings. The predicted molar refractivity (Wildman–Crippen MR) is 217 cm³/mol. The number of hydrogen-bond donors (Lipinski definition) is 3. The van der Waals surface area contributed by atoms with Crippen LogP contribution in [0.15, 0.2) is 29.6 Å². The third-order valence-electron chi connectivity index (χ3n) is 10.6. The minimum absolute atomic E-state index is 0.0652. The maximum atomic E-state index is 14.7. The van der Waals surface area contributed by atoms with Crippen LogP contribution in [0.3, 0.4) is 0 Å². The zero-order valence-electron chi connectivity index (χ0n) is 34.8. The van der Waals surface area contributed by atoms with Crippen LogP contribution in [0.5, 0.6) is 5.75 Å². The van der Waals surface area contributed by atoms with Gasteiger partial charge in [-0.1, -0.05) is 66.5 Å². The summed E-state index contributed by atoms with van der Waals surface area (Å²) >= 11 is 1.13. The van der Waals surface area contributed by atoms with Crippen molar-refractivity contribution in [2.75, 3.05) is 20.3 Å². The second kappa shape index (κ2) is 23.1. The third-order valence-corrected chi connectivity index (χ3v) is 11.5. The van der Waals surface area contributed by atoms with Gasteiger partial charge in [0.15, 0.2) is 12.8 Å². The smallest absolute Gasteiger partial charge is 0.307 e. The molecule has 1 saturated heterocycles. The Bertz CT molecular complexity index is 1630. The lowest BCUT2D eigenvalue weighted by Gasteiger charge is -2.39. The highest BCUT2D eigenvalue weighted by Gasteiger charge is 2.39. The number of benzene rings is 1. The average Bonchev–Trinajstić information content (AvgIpc) is 3.67. The Balaban J connectivity index is 1.94. The van der Waals surface area contributed by atoms with Gasteiger partial charge in [-0.2, -0.15) is 0 Å². The molecule has 0 radical (unpaired) electrons. The molecule has 1 aliphatic heterocycles. The molecule has 0 bridgehead atoms. The van der Waals surface area contributed by atoms with Crippen molar-refractivity contribution in [2.45, 2.75) is 137 Å². The molecule has 3 amide bonds. The number of phenolic OH excluding ortho intramolecular Hbond substituents is 1. The number of aromatic hydroxyl groups is 1. The Kier molecular flexibility index (Phi) is 19.1. The summed E-state index contributed by atoms with van der Waals surface area (Å²) in [5, 5.41) is 17.7. The summed E-state index contributed by atoms with van der Waals surface area (Å²) in [6.45, 7) is 13.0. The summed E-state index contributed by atoms with van der Waals surface area (Å²) in [5.74, 6) is -2.87. The van der Waals surface area contributed by atoms with E-state index in [1.807, 2.05) is 46.6 Å². The normalized spacial score (nSPS) is 17.7. The number of rotatable bonds is 22. The van der Waals surface area contributed by atoms with Crippen LogP contribution in [-0.4, -0.2) is 100 Å². The number of nitrogens with zero attached hydrogens (tertiary/aromatic N) is 3. The van der Waals surface area contributed by atoms with Crippen LogP contribution in [0.25, 0.3) is 0 Å². The van der Waals surface area contributed by atoms with Gasteiger partial charge in [0, 0.05) is 43.1 Å². The number of thiazole rings is 1. The summed E-state index contributed by atoms with van der Waals surface area (Å²) in [4.78, 5) is 86.9. The van der Waals surface area contributed by atoms with Gasteiger partial charge in [0.05, 0.1) is 6.04 Å². The molecular weight excluding hydrogens is 751 g/mol. The number of nitrogens with one attached hydrogen (secondary N) is 2. The molecule has 1 aromatic heterocycles. The topological polar surface area (TPSA) is 185 Å². The van der Waals surface area contributed by atoms with E-state index in [4.69, 9.17) is 9.47 Å². The number of esters is 2. The van der Waals surface area contributed by atoms with E-state index in [1.165, 1.54) is 11.8 Å². The molecule has 15 heteroatoms. The largest absolute Gasteiger partial charge is 0.508 e. The molecular formula is C42H63N5O9S. The third kappa shape index (κ3) is 14.5. The van der Waals surface area contributed by atoms with Crippen LogP contribution in [0.4, 0.5) is 0 Å². The first-order valence-corrected chi connectivity index (χ1v) is 21.1. The van der Waals surface area contributed by atoms with E-state index >= 15 is 0 Å². The number of likely N-dealkylation sites (tertiary alicyclic amines) is 1. The molecule has 316 valence electrons. The first-order chi connectivity index (χ1) is 27.1. The highest BCUT2D eigenvalue weighted by atomic mass is 32.1. The summed E-state index contributed by atoms with van der Waals surface area (Å²) in [7, 11) is 1.91. The molecule has 2 heterocycles. The van der Waals surface area contributed by atoms with Crippen molar-refractivity contribution in [3.05, 3.63) is 45.9 Å². The Morgan fingerprint density at radius 3 is 2.35 bits per heavy atom. The minimum Gasteiger partial charge on any atom is -0.508 e. The summed E-state index contributed by atoms with van der Waals surface area (Å²) in [5.41, 5.74) is 0.956. The Morgan fingerprint density at radius 1 is 1.05 bits per heavy atom. The molecule has 3 N–H and O–H groups in total. The van der Waals surface area contributed by atoms with Gasteiger partial charge >= 0.3 is 11.9 Å². The number of aldehydes is 1. The molecule has 0 saturated carbocycles. The number of carbonyl (C=O) groups is 6. The van der Waals surface area contributed by atoms with Crippen LogP contribution >= 0.6 is 11.3 Å². The summed E-state index contributed by atoms with van der Waals surface area (Å²) < 4.78 is 11.5. The first kappa shape index (κ1) is 47.0. The van der Waals surface area contributed by atoms with Crippen molar-refractivity contribution in [3.63, 3.8) is 0 Å². The van der Waals surface area contributed by atoms with Gasteiger partial charge in [0.25, 0.3) is 5.91 Å². The Hall–Kier alpha value is -4.37. The van der Waals surface area contributed by atoms with Gasteiger partial charge in [-0.3, -0.25) is 28.9 Å². The maximum Gasteiger partial charge on any atom is 0.307 e. The number of phenols is 1. The molecule has 0 spiro atoms. The molecule has 7 unspecified atom stereocenters. The number of piperidine rings is 1. The highest BCUT2D eigenvalue weighted by Crippen LogP contribution is 2.32. The SMILES string of the molecule is CCCC(=O)OCN(C(=O)C(NC(=O)C1CCCCN1C)C(C)CC)C(CC(OC(C)=O)c1nc(C(=O)NC(Cc2ccc(O)cc2)CC(C)C=O)cs1)C(C)C. The maximum absolute atomic E-state index is 14.7. The van der Waals surface area contributed by atoms with Crippen LogP contribution in [0, 0.1) is 17.8 Å². The van der Waals surface area contributed by atoms with Crippen LogP contribution in [-0.2, 0) is 39.9 Å². The molecule has 57 heavy (non-hydrogen) atoms. The fourth-order valence-electron chi connectivity index (χ4n) is 7.05. The van der Waals surface area contributed by atoms with Crippen molar-refractivity contribution in [3.8, 4) is 5.75 Å². The van der Waals surface area contributed by atoms with Crippen molar-refractivity contribution >= 4 is 47.3 Å². The fourth-order valence-corrected chi connectivity index (χ4v) is 7.89. The molecule has 14 nitrogen and oxygen atoms in total. The number of aromatic nitrogens is 1. The van der Waals surface area contributed by atoms with Gasteiger partial charge in [-0.15, -0.1) is 11.3 Å². The number of likely N-dealkylation sites (N-methyl/N-ethyl adjacent to an activating group) is 1. The standard InChI is InChI=1S/C42H63N5O9S/c1-9-13-37(51)55-25-47(42(54)38(28(6)10-2)45-40(53)34-14-11-12-19-46(34)8)35(26(3)4)22-36(56-29(7)49)41-44-33(24-57-41)39(52)43-31(20-27(5)23-48)21-30-15-17-32(50)18-16-30/h15-18,23-24,26-28,31,34-36,38,50H,9-14,19-22,25H2,1-8H3,(H,43,52)(H,45,53). The molecule has 2 aromatic rings. The highest BCUT2D eigenvalue weighted by molar-refractivity contribution is 7.09. The van der Waals surface area contributed by atoms with E-state index in [9.17, 15) is 33.9 Å². The van der Waals surface area contributed by atoms with E-state index in [0.717, 1.165) is 42.6 Å². The van der Waals surface area contributed by atoms with Crippen LogP contribution in [0.2, 0.25) is 0 Å². The number of carbonyl (C=O) groups excluding carboxylic acids is 6. The predicted octanol–water partition coefficient (Wildman–Crippen LogP) is 5.58. The number of hydrogen-bond acceptors (Lipinski definition) is 12. The van der Waals surface area contributed by atoms with Crippen molar-refractivity contribution in [1.82, 2.24) is 25.4 Å². The summed E-state index contributed by atoms with van der Waals surface area (Å²) in [6.07, 6.45) is 4.63. The van der Waals surface area contributed by atoms with Gasteiger partial charge in [-0.25, -0.2) is 4.98 Å². The zero-order valence-corrected chi connectivity index (χ0v) is 35.6. The Labute approximate surface area is 341 Å². The second-order valence-electron chi connectivity index (χ2n) is 15.7. The second-order valence-corrected chi connectivity index (χ2v) is 16.6. The van der Waals surface area contributed by atoms with Gasteiger partial charge in [-0.05, 0) is 75.2 Å². The summed E-state index contributed by atoms with van der Waals surface area (Å²) in [6, 6.07) is 4.27. The van der Waals surface area contributed by atoms with E-state index in [-0.39, 0.29) is 60.7 Å². The number of amides is 3. The van der Waals surface area contributed by atoms with E-state index < -0.39 is 48.0 Å². The van der Waals surface area contributed by atoms with E-state index in [0.29, 0.717) is 37.1 Å². The van der Waals surface area contributed by atoms with Gasteiger partial charge < -0.3 is 34.9 Å². The van der Waals surface area contributed by atoms with E-state index in [2.05, 4.69) is 15.6 Å². The monoisotopic (exact) mass is 813 g/mol. The van der Waals surface area contributed by atoms with Crippen molar-refractivity contribution in [1.29, 1.82) is 0 Å². The van der Waals surface area contributed by atoms with Crippen molar-refractivity contribution in [2.24, 2.45) is 17.8 Å². The molecule has 0 aliphatic carbocycles. The Morgan fingerprint density at radius 2 is 1.75 bits per heavy atom. The molecule has 7 atom stereocenters. The molecule has 1 aliphatic rings. The van der Waals surface area contributed by atoms with E-state index in [1.54, 1.807) is 36.6 Å². The number of ether oxygens (including phenoxy) is 2. The fraction of sp³-hybridized carbons (Fsp3) is 0.643. The lowest BCUT2D eigenvalue weighted by molar-refractivity contribution is -0.160.